The number of halogens is 3. The summed E-state index contributed by atoms with van der Waals surface area (Å²) >= 11 is 6.64. The number of carbonyl (C=O) groups excluding carboxylic acids is 1. The van der Waals surface area contributed by atoms with Gasteiger partial charge in [0.25, 0.3) is 5.91 Å². The zero-order chi connectivity index (χ0) is 13.7. The molecule has 0 fully saturated rings. The van der Waals surface area contributed by atoms with Gasteiger partial charge in [0.15, 0.2) is 0 Å². The number of benzene rings is 1. The number of carbonyl (C=O) groups is 1. The minimum Gasteiger partial charge on any atom is -0.336 e. The van der Waals surface area contributed by atoms with Crippen molar-refractivity contribution in [3.05, 3.63) is 34.1 Å². The smallest absolute Gasteiger partial charge is 0.255 e. The number of amides is 1. The Labute approximate surface area is 124 Å². The van der Waals surface area contributed by atoms with Crippen LogP contribution in [0.3, 0.4) is 0 Å². The van der Waals surface area contributed by atoms with E-state index in [4.69, 9.17) is 0 Å². The number of alkyl halides is 1. The fourth-order valence-electron chi connectivity index (χ4n) is 1.64. The molecule has 0 atom stereocenters. The first-order chi connectivity index (χ1) is 8.47. The maximum Gasteiger partial charge on any atom is 0.255 e. The lowest BCUT2D eigenvalue weighted by molar-refractivity contribution is 0.0705. The minimum absolute atomic E-state index is 0.0896. The zero-order valence-corrected chi connectivity index (χ0v) is 13.6. The number of rotatable bonds is 5. The molecule has 1 amide bonds. The molecule has 0 aliphatic heterocycles. The van der Waals surface area contributed by atoms with E-state index in [2.05, 4.69) is 31.9 Å². The molecule has 0 saturated heterocycles. The van der Waals surface area contributed by atoms with E-state index >= 15 is 0 Å². The summed E-state index contributed by atoms with van der Waals surface area (Å²) in [7, 11) is 0. The van der Waals surface area contributed by atoms with Gasteiger partial charge in [0.1, 0.15) is 5.82 Å². The molecular weight excluding hydrogens is 365 g/mol. The molecule has 0 spiro atoms. The summed E-state index contributed by atoms with van der Waals surface area (Å²) in [6.45, 7) is 4.57. The summed E-state index contributed by atoms with van der Waals surface area (Å²) in [5.41, 5.74) is 0.373. The summed E-state index contributed by atoms with van der Waals surface area (Å²) in [4.78, 5) is 14.1. The largest absolute Gasteiger partial charge is 0.336 e. The molecule has 0 aliphatic carbocycles. The number of hydrogen-bond acceptors (Lipinski definition) is 1. The van der Waals surface area contributed by atoms with Gasteiger partial charge in [-0.2, -0.15) is 0 Å². The molecule has 0 aliphatic rings. The monoisotopic (exact) mass is 379 g/mol. The van der Waals surface area contributed by atoms with E-state index in [9.17, 15) is 9.18 Å². The standard InChI is InChI=1S/C13H16Br2FNO/c1-9(2)17(7-3-6-14)13(18)11-8-10(16)4-5-12(11)15/h4-5,8-9H,3,6-7H2,1-2H3. The Morgan fingerprint density at radius 3 is 2.67 bits per heavy atom. The van der Waals surface area contributed by atoms with Crippen LogP contribution in [-0.2, 0) is 0 Å². The molecule has 1 aromatic carbocycles. The SMILES string of the molecule is CC(C)N(CCCBr)C(=O)c1cc(F)ccc1Br. The summed E-state index contributed by atoms with van der Waals surface area (Å²) in [6.07, 6.45) is 0.872. The Hall–Kier alpha value is -0.420. The van der Waals surface area contributed by atoms with Gasteiger partial charge in [-0.3, -0.25) is 4.79 Å². The first-order valence-corrected chi connectivity index (χ1v) is 7.70. The van der Waals surface area contributed by atoms with Crippen LogP contribution in [0.5, 0.6) is 0 Å². The van der Waals surface area contributed by atoms with Crippen LogP contribution in [0.15, 0.2) is 22.7 Å². The average molecular weight is 381 g/mol. The second-order valence-corrected chi connectivity index (χ2v) is 5.91. The lowest BCUT2D eigenvalue weighted by Crippen LogP contribution is -2.38. The van der Waals surface area contributed by atoms with Crippen molar-refractivity contribution in [2.24, 2.45) is 0 Å². The average Bonchev–Trinajstić information content (AvgIpc) is 2.32. The van der Waals surface area contributed by atoms with E-state index in [1.807, 2.05) is 13.8 Å². The molecule has 0 saturated carbocycles. The van der Waals surface area contributed by atoms with Crippen molar-refractivity contribution in [1.82, 2.24) is 4.90 Å². The molecule has 0 aromatic heterocycles. The van der Waals surface area contributed by atoms with Crippen molar-refractivity contribution in [2.45, 2.75) is 26.3 Å². The third-order valence-corrected chi connectivity index (χ3v) is 3.83. The molecule has 2 nitrogen and oxygen atoms in total. The van der Waals surface area contributed by atoms with Crippen LogP contribution >= 0.6 is 31.9 Å². The van der Waals surface area contributed by atoms with Crippen LogP contribution in [0.1, 0.15) is 30.6 Å². The Morgan fingerprint density at radius 2 is 2.11 bits per heavy atom. The van der Waals surface area contributed by atoms with E-state index in [-0.39, 0.29) is 11.9 Å². The van der Waals surface area contributed by atoms with Crippen LogP contribution < -0.4 is 0 Å². The van der Waals surface area contributed by atoms with Crippen molar-refractivity contribution < 1.29 is 9.18 Å². The van der Waals surface area contributed by atoms with Crippen molar-refractivity contribution >= 4 is 37.8 Å². The van der Waals surface area contributed by atoms with Crippen LogP contribution in [0.2, 0.25) is 0 Å². The van der Waals surface area contributed by atoms with Gasteiger partial charge in [0.2, 0.25) is 0 Å². The molecule has 100 valence electrons. The van der Waals surface area contributed by atoms with Crippen molar-refractivity contribution in [3.63, 3.8) is 0 Å². The quantitative estimate of drug-likeness (QED) is 0.700. The van der Waals surface area contributed by atoms with Gasteiger partial charge in [-0.1, -0.05) is 15.9 Å². The molecule has 0 radical (unpaired) electrons. The van der Waals surface area contributed by atoms with Crippen LogP contribution in [-0.4, -0.2) is 28.7 Å². The topological polar surface area (TPSA) is 20.3 Å². The highest BCUT2D eigenvalue weighted by atomic mass is 79.9. The number of nitrogens with zero attached hydrogens (tertiary/aromatic N) is 1. The minimum atomic E-state index is -0.397. The van der Waals surface area contributed by atoms with Gasteiger partial charge < -0.3 is 4.90 Å². The summed E-state index contributed by atoms with van der Waals surface area (Å²) < 4.78 is 13.8. The van der Waals surface area contributed by atoms with Gasteiger partial charge in [0.05, 0.1) is 5.56 Å². The molecule has 0 unspecified atom stereocenters. The summed E-state index contributed by atoms with van der Waals surface area (Å²) in [5.74, 6) is -0.539. The van der Waals surface area contributed by atoms with Gasteiger partial charge in [-0.25, -0.2) is 4.39 Å². The Bertz CT molecular complexity index is 423. The van der Waals surface area contributed by atoms with E-state index < -0.39 is 5.82 Å². The molecule has 1 aromatic rings. The van der Waals surface area contributed by atoms with E-state index in [1.54, 1.807) is 11.0 Å². The van der Waals surface area contributed by atoms with Crippen molar-refractivity contribution in [1.29, 1.82) is 0 Å². The van der Waals surface area contributed by atoms with Crippen LogP contribution in [0.4, 0.5) is 4.39 Å². The molecule has 0 bridgehead atoms. The molecule has 5 heteroatoms. The maximum absolute atomic E-state index is 13.2. The van der Waals surface area contributed by atoms with E-state index in [0.29, 0.717) is 16.6 Å². The zero-order valence-electron chi connectivity index (χ0n) is 10.4. The Morgan fingerprint density at radius 1 is 1.44 bits per heavy atom. The van der Waals surface area contributed by atoms with Crippen LogP contribution in [0.25, 0.3) is 0 Å². The van der Waals surface area contributed by atoms with E-state index in [0.717, 1.165) is 11.8 Å². The number of hydrogen-bond donors (Lipinski definition) is 0. The predicted octanol–water partition coefficient (Wildman–Crippen LogP) is 4.22. The van der Waals surface area contributed by atoms with Gasteiger partial charge in [-0.15, -0.1) is 0 Å². The van der Waals surface area contributed by atoms with E-state index in [1.165, 1.54) is 12.1 Å². The first kappa shape index (κ1) is 15.6. The molecule has 0 N–H and O–H groups in total. The highest BCUT2D eigenvalue weighted by Gasteiger charge is 2.20. The molecule has 1 rings (SSSR count). The fraction of sp³-hybridized carbons (Fsp3) is 0.462. The highest BCUT2D eigenvalue weighted by molar-refractivity contribution is 9.10. The Balaban J connectivity index is 2.98. The normalized spacial score (nSPS) is 10.8. The third kappa shape index (κ3) is 4.05. The highest BCUT2D eigenvalue weighted by Crippen LogP contribution is 2.20. The van der Waals surface area contributed by atoms with Gasteiger partial charge in [0, 0.05) is 22.4 Å². The molecular formula is C13H16Br2FNO. The summed E-state index contributed by atoms with van der Waals surface area (Å²) in [5, 5.41) is 0.841. The van der Waals surface area contributed by atoms with Crippen molar-refractivity contribution in [3.8, 4) is 0 Å². The molecule has 18 heavy (non-hydrogen) atoms. The first-order valence-electron chi connectivity index (χ1n) is 5.79. The maximum atomic E-state index is 13.2. The predicted molar refractivity (Wildman–Crippen MR) is 78.7 cm³/mol. The fourth-order valence-corrected chi connectivity index (χ4v) is 2.31. The second kappa shape index (κ2) is 7.24. The second-order valence-electron chi connectivity index (χ2n) is 4.26. The van der Waals surface area contributed by atoms with Crippen molar-refractivity contribution in [2.75, 3.05) is 11.9 Å². The third-order valence-electron chi connectivity index (χ3n) is 2.58. The summed E-state index contributed by atoms with van der Waals surface area (Å²) in [6, 6.07) is 4.26. The Kier molecular flexibility index (Phi) is 6.29. The lowest BCUT2D eigenvalue weighted by atomic mass is 10.1. The lowest BCUT2D eigenvalue weighted by Gasteiger charge is -2.27. The van der Waals surface area contributed by atoms with Crippen LogP contribution in [0, 0.1) is 5.82 Å². The van der Waals surface area contributed by atoms with Gasteiger partial charge in [-0.05, 0) is 54.4 Å². The molecule has 0 heterocycles. The van der Waals surface area contributed by atoms with Gasteiger partial charge >= 0.3 is 0 Å².